The average Bonchev–Trinajstić information content (AvgIpc) is 0.683. The van der Waals surface area contributed by atoms with E-state index in [-0.39, 0.29) is 77.1 Å². The maximum absolute atomic E-state index is 16.0. The molecule has 100 heavy (non-hydrogen) atoms. The minimum absolute atomic E-state index is 0.0149. The number of phenols is 1. The molecule has 4 aliphatic carbocycles. The van der Waals surface area contributed by atoms with Crippen LogP contribution in [0.4, 0.5) is 0 Å². The number of amides is 1. The number of hydrogen-bond acceptors (Lipinski definition) is 23. The Morgan fingerprint density at radius 3 is 1.94 bits per heavy atom. The van der Waals surface area contributed by atoms with Crippen molar-refractivity contribution in [2.75, 3.05) is 34.2 Å². The molecule has 0 radical (unpaired) electrons. The number of benzene rings is 6. The van der Waals surface area contributed by atoms with Crippen LogP contribution in [-0.4, -0.2) is 151 Å². The summed E-state index contributed by atoms with van der Waals surface area (Å²) >= 11 is 0. The van der Waals surface area contributed by atoms with E-state index in [9.17, 15) is 39.3 Å². The molecule has 4 N–H and O–H groups in total. The third-order valence-corrected chi connectivity index (χ3v) is 21.2. The van der Waals surface area contributed by atoms with Gasteiger partial charge >= 0.3 is 35.8 Å². The molecule has 1 amide bonds. The monoisotopic (exact) mass is 1370 g/mol. The van der Waals surface area contributed by atoms with Gasteiger partial charge in [-0.15, -0.1) is 0 Å². The first kappa shape index (κ1) is 68.1. The predicted octanol–water partition coefficient (Wildman–Crippen LogP) is 8.15. The molecule has 3 heterocycles. The number of aliphatic hydroxyl groups is 2. The van der Waals surface area contributed by atoms with Gasteiger partial charge in [-0.2, -0.15) is 0 Å². The molecule has 13 rings (SSSR count). The van der Waals surface area contributed by atoms with Gasteiger partial charge in [0.05, 0.1) is 68.0 Å². The van der Waals surface area contributed by atoms with Gasteiger partial charge in [0.15, 0.2) is 40.5 Å². The van der Waals surface area contributed by atoms with Crippen LogP contribution in [0, 0.1) is 28.6 Å². The number of aromatic hydroxyl groups is 1. The Kier molecular flexibility index (Phi) is 17.9. The lowest BCUT2D eigenvalue weighted by Gasteiger charge is -2.67. The smallest absolute Gasteiger partial charge is 0.350 e. The normalized spacial score (nSPS) is 28.7. The highest BCUT2D eigenvalue weighted by Crippen LogP contribution is 2.65. The van der Waals surface area contributed by atoms with Crippen LogP contribution >= 0.6 is 0 Å². The Hall–Kier alpha value is -10.4. The number of methoxy groups -OCH3 is 2. The summed E-state index contributed by atoms with van der Waals surface area (Å²) in [7, 11) is 2.82. The van der Waals surface area contributed by atoms with E-state index in [1.165, 1.54) is 66.2 Å². The Morgan fingerprint density at radius 1 is 0.730 bits per heavy atom. The fourth-order valence-electron chi connectivity index (χ4n) is 16.2. The summed E-state index contributed by atoms with van der Waals surface area (Å²) in [4.78, 5) is 122. The van der Waals surface area contributed by atoms with Gasteiger partial charge in [0.25, 0.3) is 5.91 Å². The highest BCUT2D eigenvalue weighted by atomic mass is 16.7. The molecule has 4 fully saturated rings. The number of cyclic esters (lactones) is 1. The topological polar surface area (TPSA) is 323 Å². The molecule has 0 spiro atoms. The lowest BCUT2D eigenvalue weighted by Crippen LogP contribution is -2.82. The van der Waals surface area contributed by atoms with E-state index in [2.05, 4.69) is 5.32 Å². The first-order valence-corrected chi connectivity index (χ1v) is 32.7. The fourth-order valence-corrected chi connectivity index (χ4v) is 16.2. The zero-order chi connectivity index (χ0) is 70.9. The molecule has 3 aliphatic heterocycles. The van der Waals surface area contributed by atoms with Crippen LogP contribution < -0.4 is 24.3 Å². The number of phenolic OH excluding ortho intramolecular Hbond substituents is 1. The molecule has 2 bridgehead atoms. The maximum Gasteiger partial charge on any atom is 0.350 e. The van der Waals surface area contributed by atoms with E-state index in [0.29, 0.717) is 33.8 Å². The number of nitrogens with one attached hydrogen (secondary N) is 1. The molecular weight excluding hydrogens is 1290 g/mol. The quantitative estimate of drug-likeness (QED) is 0.0289. The van der Waals surface area contributed by atoms with Crippen molar-refractivity contribution in [2.45, 2.75) is 120 Å². The number of carbonyl (C=O) groups is 8. The number of carbonyl (C=O) groups excluding carboxylic acids is 8. The highest BCUT2D eigenvalue weighted by Gasteiger charge is 2.78. The van der Waals surface area contributed by atoms with E-state index < -0.39 is 148 Å². The van der Waals surface area contributed by atoms with Crippen LogP contribution in [-0.2, 0) is 57.1 Å². The Balaban J connectivity index is 0.876. The van der Waals surface area contributed by atoms with E-state index in [1.54, 1.807) is 109 Å². The van der Waals surface area contributed by atoms with Crippen LogP contribution in [0.1, 0.15) is 131 Å². The number of hydrogen-bond donors (Lipinski definition) is 4. The molecule has 2 saturated carbocycles. The lowest BCUT2D eigenvalue weighted by molar-refractivity contribution is -0.346. The van der Waals surface area contributed by atoms with E-state index >= 15 is 14.4 Å². The van der Waals surface area contributed by atoms with E-state index in [1.807, 2.05) is 12.1 Å². The molecule has 0 unspecified atom stereocenters. The number of rotatable bonds is 17. The van der Waals surface area contributed by atoms with Crippen molar-refractivity contribution in [3.63, 3.8) is 0 Å². The molecule has 6 aromatic rings. The first-order chi connectivity index (χ1) is 47.8. The van der Waals surface area contributed by atoms with Crippen LogP contribution in [0.2, 0.25) is 0 Å². The summed E-state index contributed by atoms with van der Waals surface area (Å²) in [5.41, 5.74) is -5.53. The highest BCUT2D eigenvalue weighted by molar-refractivity contribution is 5.97. The summed E-state index contributed by atoms with van der Waals surface area (Å²) < 4.78 is 66.2. The predicted molar refractivity (Wildman–Crippen MR) is 351 cm³/mol. The molecule has 24 nitrogen and oxygen atoms in total. The van der Waals surface area contributed by atoms with Gasteiger partial charge in [0.1, 0.15) is 30.0 Å². The summed E-state index contributed by atoms with van der Waals surface area (Å²) in [5.74, 6) is -9.83. The molecule has 15 atom stereocenters. The van der Waals surface area contributed by atoms with Crippen molar-refractivity contribution in [1.29, 1.82) is 0 Å². The van der Waals surface area contributed by atoms with Crippen LogP contribution in [0.15, 0.2) is 156 Å². The summed E-state index contributed by atoms with van der Waals surface area (Å²) in [5, 5.41) is 40.4. The zero-order valence-corrected chi connectivity index (χ0v) is 55.9. The molecule has 2 saturated heterocycles. The van der Waals surface area contributed by atoms with Crippen molar-refractivity contribution in [3.8, 4) is 28.7 Å². The van der Waals surface area contributed by atoms with Crippen molar-refractivity contribution in [2.24, 2.45) is 33.6 Å². The number of nitrogens with zero attached hydrogens (tertiary/aromatic N) is 1. The number of ether oxygens (including phenoxy) is 11. The van der Waals surface area contributed by atoms with Crippen molar-refractivity contribution < 1.29 is 106 Å². The van der Waals surface area contributed by atoms with Crippen molar-refractivity contribution in [1.82, 2.24) is 5.32 Å². The number of Topliss-reactive ketones (excluding diaryl/α,β-unsaturated/α-hetero) is 1. The molecular formula is C76H74N2O22. The fraction of sp³-hybridized carbons (Fsp3) is 0.382. The van der Waals surface area contributed by atoms with Gasteiger partial charge in [-0.25, -0.2) is 14.4 Å². The lowest BCUT2D eigenvalue weighted by atomic mass is 9.44. The summed E-state index contributed by atoms with van der Waals surface area (Å²) in [6, 6.07) is 34.7. The molecule has 7 aliphatic rings. The first-order valence-electron chi connectivity index (χ1n) is 32.7. The summed E-state index contributed by atoms with van der Waals surface area (Å²) in [6.45, 7) is 7.76. The maximum atomic E-state index is 16.0. The van der Waals surface area contributed by atoms with Gasteiger partial charge in [0.2, 0.25) is 18.6 Å². The van der Waals surface area contributed by atoms with E-state index in [0.717, 1.165) is 13.8 Å². The molecule has 6 aromatic carbocycles. The second kappa shape index (κ2) is 26.3. The van der Waals surface area contributed by atoms with E-state index in [4.69, 9.17) is 57.1 Å². The molecule has 24 heteroatoms. The second-order valence-electron chi connectivity index (χ2n) is 27.0. The number of aliphatic imine (C=N–C) groups is 1. The number of esters is 6. The van der Waals surface area contributed by atoms with Gasteiger partial charge < -0.3 is 72.7 Å². The third kappa shape index (κ3) is 11.5. The minimum Gasteiger partial charge on any atom is -0.502 e. The van der Waals surface area contributed by atoms with Crippen LogP contribution in [0.25, 0.3) is 0 Å². The largest absolute Gasteiger partial charge is 0.502 e. The Bertz CT molecular complexity index is 4300. The van der Waals surface area contributed by atoms with Gasteiger partial charge in [-0.3, -0.25) is 29.0 Å². The Morgan fingerprint density at radius 2 is 1.34 bits per heavy atom. The van der Waals surface area contributed by atoms with Gasteiger partial charge in [-0.1, -0.05) is 92.7 Å². The molecule has 520 valence electrons. The van der Waals surface area contributed by atoms with Crippen molar-refractivity contribution in [3.05, 3.63) is 195 Å². The van der Waals surface area contributed by atoms with Crippen molar-refractivity contribution >= 4 is 53.7 Å². The summed E-state index contributed by atoms with van der Waals surface area (Å²) in [6.07, 6.45) is -9.76. The van der Waals surface area contributed by atoms with Gasteiger partial charge in [0, 0.05) is 55.7 Å². The Labute approximate surface area is 574 Å². The number of aliphatic hydroxyl groups excluding tert-OH is 1. The zero-order valence-electron chi connectivity index (χ0n) is 55.9. The van der Waals surface area contributed by atoms with Gasteiger partial charge in [-0.05, 0) is 113 Å². The molecule has 0 aromatic heterocycles. The second-order valence-corrected chi connectivity index (χ2v) is 27.0. The average molecular weight is 1370 g/mol. The minimum atomic E-state index is -2.54. The van der Waals surface area contributed by atoms with Crippen LogP contribution in [0.3, 0.4) is 0 Å². The number of fused-ring (bicyclic) bond motifs is 8. The third-order valence-electron chi connectivity index (χ3n) is 21.2. The number of ketones is 1. The SMILES string of the molecule is COc1cc([C@@H]2c3cc4c(cc3[C@@H](N=Cc3ccc(C(=O)O[C@@H](C(=O)O[C@H]5C[C@@]6(O)[C@@H](OC(=O)c7ccccc7)[C@@H]7[C@]8(OC(C)=O)CO[C@@H]8C[C@H](O)[C@@]7(C)C(=O)[C@H](OC(C)=O)C(=C5C)C6(C)C)[C@@H](NC(=O)c5ccccc5)c5ccccc5)cc3)[C@H]3COC(=O)[C@H]23)OCO4)cc(OC)c1O. The van der Waals surface area contributed by atoms with Crippen LogP contribution in [0.5, 0.6) is 28.7 Å². The standard InChI is InChI=1S/C76H74N2O22/c1-38-54(33-76(89)67(99-70(86)44-22-16-11-17-23-44)65-74(6,55(81)32-56-75(65,36-93-56)100-40(3)80)66(83)63(96-39(2)79)59(38)73(76,4)5)97-72(88)64(60(42-18-12-9-13-19-42)78-68(84)43-20-14-10-15-21-43)98-69(85)45-26-24-41(25-27-45)34-77-61-48-31-51-50(94-37-95-51)30-47(48)57(58-49(61)35-92-71(58)87)46-28-52(90-7)62(82)53(29-46)91-8/h9-31,34,49,54-58,60-61,63-65,67,81-82,89H,32-33,35-37H2,1-8H3,(H,78,84)/t49-,54-,55-,56+,57+,58-,60-,61+,63+,64+,65-,67-,74+,75-,76+/m0/s1.